The van der Waals surface area contributed by atoms with Gasteiger partial charge in [0.25, 0.3) is 0 Å². The van der Waals surface area contributed by atoms with Crippen molar-refractivity contribution in [2.45, 2.75) is 76.2 Å². The van der Waals surface area contributed by atoms with Crippen molar-refractivity contribution in [3.8, 4) is 5.75 Å². The molecule has 1 heterocycles. The number of rotatable bonds is 3. The van der Waals surface area contributed by atoms with E-state index in [1.54, 1.807) is 7.11 Å². The average molecular weight is 368 g/mol. The van der Waals surface area contributed by atoms with Crippen LogP contribution >= 0.6 is 0 Å². The summed E-state index contributed by atoms with van der Waals surface area (Å²) in [6.07, 6.45) is 13.5. The van der Waals surface area contributed by atoms with Crippen molar-refractivity contribution in [2.75, 3.05) is 13.7 Å². The fourth-order valence-electron chi connectivity index (χ4n) is 7.04. The van der Waals surface area contributed by atoms with Crippen LogP contribution in [0.4, 0.5) is 0 Å². The smallest absolute Gasteiger partial charge is 0.223 e. The van der Waals surface area contributed by atoms with Crippen LogP contribution in [0.25, 0.3) is 0 Å². The Labute approximate surface area is 163 Å². The van der Waals surface area contributed by atoms with Gasteiger partial charge in [-0.1, -0.05) is 31.7 Å². The highest BCUT2D eigenvalue weighted by molar-refractivity contribution is 5.79. The lowest BCUT2D eigenvalue weighted by molar-refractivity contribution is -0.158. The zero-order valence-electron chi connectivity index (χ0n) is 16.7. The minimum atomic E-state index is -0.0322. The van der Waals surface area contributed by atoms with Crippen LogP contribution in [0.1, 0.15) is 75.3 Å². The molecule has 3 atom stereocenters. The van der Waals surface area contributed by atoms with Crippen molar-refractivity contribution in [1.29, 1.82) is 0 Å². The van der Waals surface area contributed by atoms with E-state index in [2.05, 4.69) is 23.1 Å². The molecular weight excluding hydrogens is 334 g/mol. The minimum Gasteiger partial charge on any atom is -0.497 e. The Kier molecular flexibility index (Phi) is 4.44. The first-order valence-electron chi connectivity index (χ1n) is 11.2. The highest BCUT2D eigenvalue weighted by Gasteiger charge is 2.57. The summed E-state index contributed by atoms with van der Waals surface area (Å²) in [4.78, 5) is 15.6. The van der Waals surface area contributed by atoms with E-state index in [9.17, 15) is 4.79 Å². The molecule has 1 saturated heterocycles. The molecule has 4 aliphatic rings. The van der Waals surface area contributed by atoms with E-state index in [0.717, 1.165) is 37.5 Å². The fourth-order valence-corrected chi connectivity index (χ4v) is 7.04. The second-order valence-corrected chi connectivity index (χ2v) is 9.46. The lowest BCUT2D eigenvalue weighted by Gasteiger charge is -2.61. The predicted molar refractivity (Wildman–Crippen MR) is 107 cm³/mol. The molecule has 0 aromatic heterocycles. The predicted octanol–water partition coefficient (Wildman–Crippen LogP) is 5.07. The molecular formula is C24H33NO2. The Bertz CT molecular complexity index is 723. The number of nitrogens with zero attached hydrogens (tertiary/aromatic N) is 1. The number of amides is 1. The third-order valence-corrected chi connectivity index (χ3v) is 8.19. The lowest BCUT2D eigenvalue weighted by Crippen LogP contribution is -2.63. The number of likely N-dealkylation sites (tertiary alicyclic amines) is 1. The maximum absolute atomic E-state index is 13.3. The van der Waals surface area contributed by atoms with Gasteiger partial charge >= 0.3 is 0 Å². The van der Waals surface area contributed by atoms with Gasteiger partial charge in [-0.15, -0.1) is 0 Å². The highest BCUT2D eigenvalue weighted by atomic mass is 16.5. The molecule has 3 aliphatic carbocycles. The number of ether oxygens (including phenoxy) is 1. The Morgan fingerprint density at radius 3 is 2.78 bits per heavy atom. The van der Waals surface area contributed by atoms with Crippen LogP contribution in [-0.2, 0) is 16.8 Å². The zero-order valence-corrected chi connectivity index (χ0v) is 16.7. The molecule has 2 bridgehead atoms. The molecule has 5 rings (SSSR count). The minimum absolute atomic E-state index is 0.0322. The van der Waals surface area contributed by atoms with E-state index in [-0.39, 0.29) is 5.54 Å². The quantitative estimate of drug-likeness (QED) is 0.747. The molecule has 1 aromatic carbocycles. The second-order valence-electron chi connectivity index (χ2n) is 9.46. The van der Waals surface area contributed by atoms with Crippen LogP contribution in [0.5, 0.6) is 5.75 Å². The third-order valence-electron chi connectivity index (χ3n) is 8.19. The number of hydrogen-bond donors (Lipinski definition) is 0. The summed E-state index contributed by atoms with van der Waals surface area (Å²) in [5.74, 6) is 3.48. The number of piperidine rings is 1. The van der Waals surface area contributed by atoms with Crippen LogP contribution in [0.2, 0.25) is 0 Å². The molecule has 3 fully saturated rings. The number of benzene rings is 1. The van der Waals surface area contributed by atoms with Crippen molar-refractivity contribution >= 4 is 5.91 Å². The summed E-state index contributed by atoms with van der Waals surface area (Å²) >= 11 is 0. The molecule has 27 heavy (non-hydrogen) atoms. The average Bonchev–Trinajstić information content (AvgIpc) is 2.70. The van der Waals surface area contributed by atoms with Crippen molar-refractivity contribution in [1.82, 2.24) is 4.90 Å². The molecule has 1 amide bonds. The number of carbonyl (C=O) groups excluding carboxylic acids is 1. The summed E-state index contributed by atoms with van der Waals surface area (Å²) in [6, 6.07) is 6.68. The summed E-state index contributed by atoms with van der Waals surface area (Å²) in [7, 11) is 1.76. The molecule has 2 saturated carbocycles. The van der Waals surface area contributed by atoms with Crippen LogP contribution in [-0.4, -0.2) is 24.5 Å². The maximum atomic E-state index is 13.3. The van der Waals surface area contributed by atoms with Crippen LogP contribution < -0.4 is 4.74 Å². The van der Waals surface area contributed by atoms with Gasteiger partial charge in [0.15, 0.2) is 0 Å². The number of methoxy groups -OCH3 is 1. The SMILES string of the molecule is COc1ccc2c(c1)CC1CCCC23C1CCC(=O)N3CC1CCCCC1. The summed E-state index contributed by atoms with van der Waals surface area (Å²) in [5.41, 5.74) is 2.86. The molecule has 3 nitrogen and oxygen atoms in total. The van der Waals surface area contributed by atoms with Gasteiger partial charge in [-0.2, -0.15) is 0 Å². The number of carbonyl (C=O) groups is 1. The topological polar surface area (TPSA) is 29.5 Å². The van der Waals surface area contributed by atoms with E-state index < -0.39 is 0 Å². The normalized spacial score (nSPS) is 33.4. The highest BCUT2D eigenvalue weighted by Crippen LogP contribution is 2.58. The van der Waals surface area contributed by atoms with Crippen LogP contribution in [0, 0.1) is 17.8 Å². The fraction of sp³-hybridized carbons (Fsp3) is 0.708. The largest absolute Gasteiger partial charge is 0.497 e. The van der Waals surface area contributed by atoms with Gasteiger partial charge in [0, 0.05) is 13.0 Å². The van der Waals surface area contributed by atoms with Crippen molar-refractivity contribution in [3.63, 3.8) is 0 Å². The van der Waals surface area contributed by atoms with E-state index in [0.29, 0.717) is 17.7 Å². The Morgan fingerprint density at radius 2 is 1.96 bits per heavy atom. The molecule has 1 aliphatic heterocycles. The Morgan fingerprint density at radius 1 is 1.11 bits per heavy atom. The van der Waals surface area contributed by atoms with Gasteiger partial charge in [-0.3, -0.25) is 4.79 Å². The first-order chi connectivity index (χ1) is 13.2. The van der Waals surface area contributed by atoms with Gasteiger partial charge in [0.05, 0.1) is 12.6 Å². The standard InChI is InChI=1S/C24H33NO2/c1-27-20-9-10-22-19(15-20)14-18-8-5-13-24(22)21(18)11-12-23(26)25(24)16-17-6-3-2-4-7-17/h9-10,15,17-18,21H,2-8,11-14,16H2,1H3. The summed E-state index contributed by atoms with van der Waals surface area (Å²) in [5, 5.41) is 0. The molecule has 1 aromatic rings. The Hall–Kier alpha value is -1.51. The third kappa shape index (κ3) is 2.72. The molecule has 0 radical (unpaired) electrons. The van der Waals surface area contributed by atoms with Gasteiger partial charge in [-0.25, -0.2) is 0 Å². The second kappa shape index (κ2) is 6.83. The van der Waals surface area contributed by atoms with Crippen molar-refractivity contribution < 1.29 is 9.53 Å². The zero-order chi connectivity index (χ0) is 18.4. The molecule has 146 valence electrons. The maximum Gasteiger partial charge on any atom is 0.223 e. The monoisotopic (exact) mass is 367 g/mol. The van der Waals surface area contributed by atoms with Gasteiger partial charge in [-0.05, 0) is 79.5 Å². The molecule has 3 unspecified atom stereocenters. The Balaban J connectivity index is 1.58. The summed E-state index contributed by atoms with van der Waals surface area (Å²) in [6.45, 7) is 0.994. The first kappa shape index (κ1) is 17.6. The van der Waals surface area contributed by atoms with Crippen molar-refractivity contribution in [3.05, 3.63) is 29.3 Å². The van der Waals surface area contributed by atoms with E-state index in [1.165, 1.54) is 62.5 Å². The number of fused-ring (bicyclic) bond motifs is 1. The molecule has 3 heteroatoms. The van der Waals surface area contributed by atoms with Crippen molar-refractivity contribution in [2.24, 2.45) is 17.8 Å². The van der Waals surface area contributed by atoms with Crippen LogP contribution in [0.3, 0.4) is 0 Å². The molecule has 0 spiro atoms. The first-order valence-corrected chi connectivity index (χ1v) is 11.2. The van der Waals surface area contributed by atoms with E-state index in [4.69, 9.17) is 4.74 Å². The lowest BCUT2D eigenvalue weighted by atomic mass is 9.54. The van der Waals surface area contributed by atoms with Crippen LogP contribution in [0.15, 0.2) is 18.2 Å². The van der Waals surface area contributed by atoms with E-state index >= 15 is 0 Å². The van der Waals surface area contributed by atoms with Gasteiger partial charge in [0.1, 0.15) is 5.75 Å². The number of hydrogen-bond acceptors (Lipinski definition) is 2. The van der Waals surface area contributed by atoms with Gasteiger partial charge in [0.2, 0.25) is 5.91 Å². The van der Waals surface area contributed by atoms with Gasteiger partial charge < -0.3 is 9.64 Å². The summed E-state index contributed by atoms with van der Waals surface area (Å²) < 4.78 is 5.53. The molecule has 0 N–H and O–H groups in total. The van der Waals surface area contributed by atoms with E-state index in [1.807, 2.05) is 0 Å².